The third kappa shape index (κ3) is 13.5. The van der Waals surface area contributed by atoms with Crippen molar-refractivity contribution in [2.24, 2.45) is 10.9 Å². The van der Waals surface area contributed by atoms with E-state index in [0.29, 0.717) is 19.0 Å². The number of nitrogens with zero attached hydrogens (tertiary/aromatic N) is 2. The number of esters is 1. The molecule has 0 saturated carbocycles. The van der Waals surface area contributed by atoms with Gasteiger partial charge in [-0.25, -0.2) is 4.79 Å². The zero-order chi connectivity index (χ0) is 20.3. The van der Waals surface area contributed by atoms with Gasteiger partial charge in [0.15, 0.2) is 5.96 Å². The molecule has 0 bridgehead atoms. The normalized spacial score (nSPS) is 12.7. The lowest BCUT2D eigenvalue weighted by molar-refractivity contribution is -0.140. The molecule has 1 unspecified atom stereocenters. The molecule has 0 aliphatic rings. The van der Waals surface area contributed by atoms with Gasteiger partial charge in [-0.3, -0.25) is 9.79 Å². The number of hydrogen-bond acceptors (Lipinski definition) is 5. The Morgan fingerprint density at radius 3 is 2.26 bits per heavy atom. The first-order valence-electron chi connectivity index (χ1n) is 8.98. The molecule has 27 heavy (non-hydrogen) atoms. The van der Waals surface area contributed by atoms with Gasteiger partial charge in [-0.2, -0.15) is 0 Å². The number of hydrogen-bond donors (Lipinski definition) is 2. The number of nitrogens with one attached hydrogen (secondary N) is 2. The van der Waals surface area contributed by atoms with Crippen molar-refractivity contribution in [1.82, 2.24) is 15.5 Å². The summed E-state index contributed by atoms with van der Waals surface area (Å²) in [6, 6.07) is -0.0134. The van der Waals surface area contributed by atoms with Crippen LogP contribution in [0.25, 0.3) is 0 Å². The van der Waals surface area contributed by atoms with E-state index in [0.717, 1.165) is 6.42 Å². The summed E-state index contributed by atoms with van der Waals surface area (Å²) in [6.45, 7) is 10.8. The number of amides is 1. The van der Waals surface area contributed by atoms with Gasteiger partial charge in [-0.15, -0.1) is 24.0 Å². The van der Waals surface area contributed by atoms with Gasteiger partial charge >= 0.3 is 12.1 Å². The summed E-state index contributed by atoms with van der Waals surface area (Å²) in [6.07, 6.45) is 0.614. The molecule has 160 valence electrons. The molecule has 9 heteroatoms. The van der Waals surface area contributed by atoms with Crippen LogP contribution in [0.3, 0.4) is 0 Å². The summed E-state index contributed by atoms with van der Waals surface area (Å²) >= 11 is 0. The minimum absolute atomic E-state index is 0. The number of carbonyl (C=O) groups is 2. The third-order valence-electron chi connectivity index (χ3n) is 3.70. The fraction of sp³-hybridized carbons (Fsp3) is 0.833. The van der Waals surface area contributed by atoms with Crippen molar-refractivity contribution in [3.8, 4) is 0 Å². The van der Waals surface area contributed by atoms with Gasteiger partial charge in [-0.05, 0) is 33.1 Å². The molecule has 0 aliphatic carbocycles. The van der Waals surface area contributed by atoms with Crippen LogP contribution < -0.4 is 10.6 Å². The van der Waals surface area contributed by atoms with Crippen molar-refractivity contribution in [3.05, 3.63) is 0 Å². The number of carbonyl (C=O) groups excluding carboxylic acids is 2. The Hall–Kier alpha value is -1.26. The van der Waals surface area contributed by atoms with Gasteiger partial charge in [-0.1, -0.05) is 13.8 Å². The first kappa shape index (κ1) is 28.0. The molecule has 0 fully saturated rings. The Morgan fingerprint density at radius 2 is 1.81 bits per heavy atom. The topological polar surface area (TPSA) is 92.3 Å². The maximum atomic E-state index is 12.0. The molecule has 0 aromatic carbocycles. The summed E-state index contributed by atoms with van der Waals surface area (Å²) in [7, 11) is 4.97. The fourth-order valence-corrected chi connectivity index (χ4v) is 2.23. The molecule has 1 atom stereocenters. The number of halogens is 1. The van der Waals surface area contributed by atoms with Crippen LogP contribution in [-0.4, -0.2) is 68.9 Å². The Bertz CT molecular complexity index is 478. The van der Waals surface area contributed by atoms with Gasteiger partial charge < -0.3 is 25.0 Å². The van der Waals surface area contributed by atoms with E-state index < -0.39 is 11.7 Å². The summed E-state index contributed by atoms with van der Waals surface area (Å²) < 4.78 is 9.95. The van der Waals surface area contributed by atoms with Crippen LogP contribution in [0.4, 0.5) is 4.79 Å². The van der Waals surface area contributed by atoms with E-state index in [1.165, 1.54) is 7.11 Å². The molecule has 0 aromatic heterocycles. The van der Waals surface area contributed by atoms with Crippen LogP contribution in [0.2, 0.25) is 0 Å². The predicted octanol–water partition coefficient (Wildman–Crippen LogP) is 2.61. The zero-order valence-electron chi connectivity index (χ0n) is 17.9. The number of guanidine groups is 1. The molecule has 0 heterocycles. The molecule has 0 aliphatic heterocycles. The molecular weight excluding hydrogens is 463 g/mol. The van der Waals surface area contributed by atoms with Crippen LogP contribution in [-0.2, 0) is 14.3 Å². The van der Waals surface area contributed by atoms with Crippen molar-refractivity contribution in [1.29, 1.82) is 0 Å². The number of alkyl carbamates (subject to hydrolysis) is 1. The minimum Gasteiger partial charge on any atom is -0.469 e. The molecule has 0 aromatic rings. The number of rotatable bonds is 8. The zero-order valence-corrected chi connectivity index (χ0v) is 20.2. The van der Waals surface area contributed by atoms with E-state index in [9.17, 15) is 9.59 Å². The van der Waals surface area contributed by atoms with Crippen LogP contribution in [0.15, 0.2) is 4.99 Å². The lowest BCUT2D eigenvalue weighted by Crippen LogP contribution is -2.45. The second-order valence-corrected chi connectivity index (χ2v) is 7.51. The SMILES string of the molecule is CN=C(NCCC(=O)OC)N(C)CCC(NC(=O)OC(C)(C)C)C(C)C.I. The standard InChI is InChI=1S/C18H36N4O4.HI/c1-13(2)14(21-17(24)26-18(3,4)5)10-12-22(7)16(19-6)20-11-9-15(23)25-8;/h13-14H,9-12H2,1-8H3,(H,19,20)(H,21,24);1H. The highest BCUT2D eigenvalue weighted by molar-refractivity contribution is 14.0. The molecule has 0 spiro atoms. The van der Waals surface area contributed by atoms with Gasteiger partial charge in [0.25, 0.3) is 0 Å². The molecule has 0 radical (unpaired) electrons. The van der Waals surface area contributed by atoms with Crippen molar-refractivity contribution < 1.29 is 19.1 Å². The number of aliphatic imine (C=N–C) groups is 1. The molecule has 0 saturated heterocycles. The third-order valence-corrected chi connectivity index (χ3v) is 3.70. The minimum atomic E-state index is -0.520. The highest BCUT2D eigenvalue weighted by Crippen LogP contribution is 2.11. The molecular formula is C18H37IN4O4. The van der Waals surface area contributed by atoms with Gasteiger partial charge in [0.1, 0.15) is 5.60 Å². The molecule has 8 nitrogen and oxygen atoms in total. The van der Waals surface area contributed by atoms with E-state index in [2.05, 4.69) is 34.2 Å². The molecule has 2 N–H and O–H groups in total. The number of methoxy groups -OCH3 is 1. The number of ether oxygens (including phenoxy) is 2. The highest BCUT2D eigenvalue weighted by atomic mass is 127. The van der Waals surface area contributed by atoms with Gasteiger partial charge in [0.2, 0.25) is 0 Å². The second kappa shape index (κ2) is 13.8. The van der Waals surface area contributed by atoms with Crippen LogP contribution in [0.1, 0.15) is 47.5 Å². The summed E-state index contributed by atoms with van der Waals surface area (Å²) in [5.41, 5.74) is -0.520. The van der Waals surface area contributed by atoms with Crippen molar-refractivity contribution >= 4 is 42.0 Å². The largest absolute Gasteiger partial charge is 0.469 e. The van der Waals surface area contributed by atoms with Crippen LogP contribution in [0.5, 0.6) is 0 Å². The van der Waals surface area contributed by atoms with Crippen molar-refractivity contribution in [2.45, 2.75) is 59.1 Å². The van der Waals surface area contributed by atoms with Crippen LogP contribution in [0, 0.1) is 5.92 Å². The molecule has 0 rings (SSSR count). The maximum Gasteiger partial charge on any atom is 0.407 e. The van der Waals surface area contributed by atoms with E-state index in [-0.39, 0.29) is 48.3 Å². The Kier molecular flexibility index (Phi) is 14.3. The monoisotopic (exact) mass is 500 g/mol. The van der Waals surface area contributed by atoms with Crippen molar-refractivity contribution in [3.63, 3.8) is 0 Å². The van der Waals surface area contributed by atoms with Gasteiger partial charge in [0, 0.05) is 33.2 Å². The van der Waals surface area contributed by atoms with E-state index >= 15 is 0 Å². The van der Waals surface area contributed by atoms with E-state index in [1.54, 1.807) is 7.05 Å². The Balaban J connectivity index is 0. The lowest BCUT2D eigenvalue weighted by Gasteiger charge is -2.28. The van der Waals surface area contributed by atoms with Gasteiger partial charge in [0.05, 0.1) is 13.5 Å². The Labute approximate surface area is 180 Å². The maximum absolute atomic E-state index is 12.0. The average Bonchev–Trinajstić information content (AvgIpc) is 2.52. The summed E-state index contributed by atoms with van der Waals surface area (Å²) in [5, 5.41) is 6.06. The highest BCUT2D eigenvalue weighted by Gasteiger charge is 2.22. The summed E-state index contributed by atoms with van der Waals surface area (Å²) in [4.78, 5) is 29.4. The fourth-order valence-electron chi connectivity index (χ4n) is 2.23. The van der Waals surface area contributed by atoms with E-state index in [1.807, 2.05) is 32.7 Å². The summed E-state index contributed by atoms with van der Waals surface area (Å²) in [5.74, 6) is 0.691. The Morgan fingerprint density at radius 1 is 1.22 bits per heavy atom. The predicted molar refractivity (Wildman–Crippen MR) is 119 cm³/mol. The first-order valence-corrected chi connectivity index (χ1v) is 8.98. The second-order valence-electron chi connectivity index (χ2n) is 7.51. The van der Waals surface area contributed by atoms with E-state index in [4.69, 9.17) is 4.74 Å². The first-order chi connectivity index (χ1) is 12.0. The molecule has 1 amide bonds. The van der Waals surface area contributed by atoms with Crippen LogP contribution >= 0.6 is 24.0 Å². The lowest BCUT2D eigenvalue weighted by atomic mass is 10.0. The smallest absolute Gasteiger partial charge is 0.407 e. The average molecular weight is 500 g/mol. The quantitative estimate of drug-likeness (QED) is 0.231. The van der Waals surface area contributed by atoms with Crippen molar-refractivity contribution in [2.75, 3.05) is 34.3 Å².